The summed E-state index contributed by atoms with van der Waals surface area (Å²) in [6, 6.07) is 12.2. The van der Waals surface area contributed by atoms with Crippen LogP contribution in [0.25, 0.3) is 0 Å². The normalized spacial score (nSPS) is 15.8. The standard InChI is InChI=1S/C14H14N4O2/c15-10-12-11-20-14(16-12)18(13-4-2-1-3-5-13)17-6-8-19-9-7-17/h1-5,11H,6-9H2. The van der Waals surface area contributed by atoms with Crippen molar-refractivity contribution >= 4 is 11.7 Å². The summed E-state index contributed by atoms with van der Waals surface area (Å²) in [5, 5.41) is 12.9. The molecule has 0 atom stereocenters. The molecule has 1 aliphatic heterocycles. The van der Waals surface area contributed by atoms with Crippen LogP contribution in [0.1, 0.15) is 5.69 Å². The fourth-order valence-corrected chi connectivity index (χ4v) is 2.13. The third kappa shape index (κ3) is 2.50. The Morgan fingerprint density at radius 1 is 1.20 bits per heavy atom. The third-order valence-corrected chi connectivity index (χ3v) is 3.06. The molecule has 2 heterocycles. The summed E-state index contributed by atoms with van der Waals surface area (Å²) in [5.74, 6) is 0. The molecule has 0 saturated carbocycles. The van der Waals surface area contributed by atoms with Gasteiger partial charge in [0.1, 0.15) is 12.3 Å². The molecule has 1 aromatic carbocycles. The molecule has 1 aromatic heterocycles. The fourth-order valence-electron chi connectivity index (χ4n) is 2.13. The van der Waals surface area contributed by atoms with Crippen molar-refractivity contribution in [2.24, 2.45) is 0 Å². The summed E-state index contributed by atoms with van der Waals surface area (Å²) in [6.07, 6.45) is 1.37. The highest BCUT2D eigenvalue weighted by Crippen LogP contribution is 2.27. The highest BCUT2D eigenvalue weighted by atomic mass is 16.5. The maximum atomic E-state index is 8.89. The number of morpholine rings is 1. The second-order valence-electron chi connectivity index (χ2n) is 4.34. The largest absolute Gasteiger partial charge is 0.429 e. The molecule has 0 unspecified atom stereocenters. The van der Waals surface area contributed by atoms with Crippen molar-refractivity contribution < 1.29 is 9.15 Å². The summed E-state index contributed by atoms with van der Waals surface area (Å²) in [5.41, 5.74) is 1.22. The summed E-state index contributed by atoms with van der Waals surface area (Å²) in [6.45, 7) is 2.82. The topological polar surface area (TPSA) is 65.5 Å². The molecule has 6 nitrogen and oxygen atoms in total. The molecule has 0 radical (unpaired) electrons. The number of rotatable bonds is 3. The van der Waals surface area contributed by atoms with Gasteiger partial charge in [-0.1, -0.05) is 18.2 Å². The Bertz CT molecular complexity index is 599. The third-order valence-electron chi connectivity index (χ3n) is 3.06. The van der Waals surface area contributed by atoms with Gasteiger partial charge in [-0.15, -0.1) is 0 Å². The van der Waals surface area contributed by atoms with E-state index in [9.17, 15) is 0 Å². The summed E-state index contributed by atoms with van der Waals surface area (Å²) in [4.78, 5) is 4.20. The van der Waals surface area contributed by atoms with E-state index >= 15 is 0 Å². The highest BCUT2D eigenvalue weighted by molar-refractivity contribution is 5.54. The lowest BCUT2D eigenvalue weighted by Gasteiger charge is -2.35. The first-order valence-electron chi connectivity index (χ1n) is 6.42. The zero-order valence-corrected chi connectivity index (χ0v) is 10.9. The Labute approximate surface area is 116 Å². The Balaban J connectivity index is 1.96. The van der Waals surface area contributed by atoms with Crippen LogP contribution in [0.2, 0.25) is 0 Å². The van der Waals surface area contributed by atoms with Crippen LogP contribution in [0.5, 0.6) is 0 Å². The number of anilines is 2. The number of hydrogen-bond donors (Lipinski definition) is 0. The van der Waals surface area contributed by atoms with E-state index in [0.717, 1.165) is 18.8 Å². The molecule has 1 aliphatic rings. The average Bonchev–Trinajstić information content (AvgIpc) is 2.98. The lowest BCUT2D eigenvalue weighted by Crippen LogP contribution is -2.46. The van der Waals surface area contributed by atoms with Crippen molar-refractivity contribution in [3.63, 3.8) is 0 Å². The van der Waals surface area contributed by atoms with Gasteiger partial charge < -0.3 is 9.15 Å². The predicted octanol–water partition coefficient (Wildman–Crippen LogP) is 1.93. The van der Waals surface area contributed by atoms with Crippen LogP contribution in [0.4, 0.5) is 11.7 Å². The summed E-state index contributed by atoms with van der Waals surface area (Å²) < 4.78 is 10.8. The number of ether oxygens (including phenoxy) is 1. The van der Waals surface area contributed by atoms with E-state index in [1.807, 2.05) is 41.4 Å². The SMILES string of the molecule is N#Cc1coc(N(c2ccccc2)N2CCOCC2)n1. The molecule has 6 heteroatoms. The minimum atomic E-state index is 0.272. The number of nitriles is 1. The first-order chi connectivity index (χ1) is 9.88. The average molecular weight is 270 g/mol. The van der Waals surface area contributed by atoms with Crippen molar-refractivity contribution in [2.45, 2.75) is 0 Å². The van der Waals surface area contributed by atoms with Gasteiger partial charge in [0.05, 0.1) is 18.9 Å². The zero-order chi connectivity index (χ0) is 13.8. The molecule has 3 rings (SSSR count). The molecule has 20 heavy (non-hydrogen) atoms. The van der Waals surface area contributed by atoms with Gasteiger partial charge in [0, 0.05) is 13.1 Å². The molecule has 0 bridgehead atoms. The predicted molar refractivity (Wildman–Crippen MR) is 72.2 cm³/mol. The van der Waals surface area contributed by atoms with Gasteiger partial charge in [0.25, 0.3) is 0 Å². The maximum absolute atomic E-state index is 8.89. The second-order valence-corrected chi connectivity index (χ2v) is 4.34. The van der Waals surface area contributed by atoms with Crippen LogP contribution < -0.4 is 5.01 Å². The molecule has 0 amide bonds. The molecule has 1 fully saturated rings. The van der Waals surface area contributed by atoms with E-state index in [1.54, 1.807) is 0 Å². The highest BCUT2D eigenvalue weighted by Gasteiger charge is 2.24. The Morgan fingerprint density at radius 2 is 1.95 bits per heavy atom. The number of nitrogens with zero attached hydrogens (tertiary/aromatic N) is 4. The number of aromatic nitrogens is 1. The number of oxazole rings is 1. The van der Waals surface area contributed by atoms with Crippen molar-refractivity contribution in [3.05, 3.63) is 42.3 Å². The van der Waals surface area contributed by atoms with Crippen LogP contribution in [-0.2, 0) is 4.74 Å². The van der Waals surface area contributed by atoms with Crippen molar-refractivity contribution in [2.75, 3.05) is 31.3 Å². The van der Waals surface area contributed by atoms with E-state index in [4.69, 9.17) is 14.4 Å². The van der Waals surface area contributed by atoms with E-state index in [0.29, 0.717) is 19.2 Å². The van der Waals surface area contributed by atoms with Gasteiger partial charge in [0.15, 0.2) is 5.69 Å². The van der Waals surface area contributed by atoms with Crippen LogP contribution in [0, 0.1) is 11.3 Å². The van der Waals surface area contributed by atoms with Crippen molar-refractivity contribution in [1.82, 2.24) is 9.99 Å². The molecule has 0 spiro atoms. The molecular weight excluding hydrogens is 256 g/mol. The Kier molecular flexibility index (Phi) is 3.63. The minimum Gasteiger partial charge on any atom is -0.429 e. The molecular formula is C14H14N4O2. The minimum absolute atomic E-state index is 0.272. The van der Waals surface area contributed by atoms with Crippen LogP contribution in [-0.4, -0.2) is 36.3 Å². The molecule has 102 valence electrons. The monoisotopic (exact) mass is 270 g/mol. The van der Waals surface area contributed by atoms with Crippen LogP contribution >= 0.6 is 0 Å². The van der Waals surface area contributed by atoms with E-state index < -0.39 is 0 Å². The summed E-state index contributed by atoms with van der Waals surface area (Å²) >= 11 is 0. The van der Waals surface area contributed by atoms with E-state index in [-0.39, 0.29) is 5.69 Å². The van der Waals surface area contributed by atoms with Gasteiger partial charge in [0.2, 0.25) is 0 Å². The van der Waals surface area contributed by atoms with Crippen LogP contribution in [0.15, 0.2) is 41.0 Å². The van der Waals surface area contributed by atoms with Crippen LogP contribution in [0.3, 0.4) is 0 Å². The van der Waals surface area contributed by atoms with Gasteiger partial charge >= 0.3 is 6.01 Å². The second kappa shape index (κ2) is 5.74. The van der Waals surface area contributed by atoms with E-state index in [2.05, 4.69) is 9.99 Å². The van der Waals surface area contributed by atoms with Gasteiger partial charge in [-0.3, -0.25) is 0 Å². The van der Waals surface area contributed by atoms with Gasteiger partial charge in [-0.25, -0.2) is 10.0 Å². The van der Waals surface area contributed by atoms with Gasteiger partial charge in [-0.05, 0) is 12.1 Å². The number of benzene rings is 1. The number of hydrogen-bond acceptors (Lipinski definition) is 6. The Morgan fingerprint density at radius 3 is 2.60 bits per heavy atom. The lowest BCUT2D eigenvalue weighted by atomic mass is 10.3. The summed E-state index contributed by atoms with van der Waals surface area (Å²) in [7, 11) is 0. The van der Waals surface area contributed by atoms with Gasteiger partial charge in [-0.2, -0.15) is 10.2 Å². The fraction of sp³-hybridized carbons (Fsp3) is 0.286. The smallest absolute Gasteiger partial charge is 0.318 e. The quantitative estimate of drug-likeness (QED) is 0.849. The first-order valence-corrected chi connectivity index (χ1v) is 6.42. The zero-order valence-electron chi connectivity index (χ0n) is 10.9. The molecule has 0 aliphatic carbocycles. The number of para-hydroxylation sites is 1. The van der Waals surface area contributed by atoms with Crippen molar-refractivity contribution in [1.29, 1.82) is 5.26 Å². The molecule has 2 aromatic rings. The lowest BCUT2D eigenvalue weighted by molar-refractivity contribution is 0.0357. The maximum Gasteiger partial charge on any atom is 0.318 e. The van der Waals surface area contributed by atoms with Crippen molar-refractivity contribution in [3.8, 4) is 6.07 Å². The van der Waals surface area contributed by atoms with E-state index in [1.165, 1.54) is 6.26 Å². The Hall–Kier alpha value is -2.36. The molecule has 1 saturated heterocycles. The number of hydrazine groups is 1. The molecule has 0 N–H and O–H groups in total. The first kappa shape index (κ1) is 12.7.